The zero-order valence-corrected chi connectivity index (χ0v) is 14.1. The van der Waals surface area contributed by atoms with E-state index in [4.69, 9.17) is 4.74 Å². The van der Waals surface area contributed by atoms with Crippen LogP contribution in [0.5, 0.6) is 0 Å². The van der Waals surface area contributed by atoms with E-state index in [2.05, 4.69) is 10.2 Å². The number of nitrogens with zero attached hydrogens (tertiary/aromatic N) is 2. The Bertz CT molecular complexity index is 537. The molecule has 124 valence electrons. The van der Waals surface area contributed by atoms with Gasteiger partial charge in [0.25, 0.3) is 5.91 Å². The van der Waals surface area contributed by atoms with Crippen LogP contribution in [0.4, 0.5) is 0 Å². The summed E-state index contributed by atoms with van der Waals surface area (Å²) < 4.78 is 5.75. The van der Waals surface area contributed by atoms with Crippen LogP contribution in [0.15, 0.2) is 0 Å². The summed E-state index contributed by atoms with van der Waals surface area (Å²) in [6.45, 7) is 8.12. The lowest BCUT2D eigenvalue weighted by Gasteiger charge is -2.31. The van der Waals surface area contributed by atoms with E-state index in [0.717, 1.165) is 11.3 Å². The molecule has 1 amide bonds. The summed E-state index contributed by atoms with van der Waals surface area (Å²) in [4.78, 5) is 14.3. The molecule has 0 radical (unpaired) electrons. The van der Waals surface area contributed by atoms with Gasteiger partial charge in [0.05, 0.1) is 23.5 Å². The number of hydrogen-bond acceptors (Lipinski definition) is 4. The lowest BCUT2D eigenvalue weighted by molar-refractivity contribution is -0.00734. The van der Waals surface area contributed by atoms with Crippen molar-refractivity contribution in [3.63, 3.8) is 0 Å². The van der Waals surface area contributed by atoms with Crippen molar-refractivity contribution in [2.45, 2.75) is 64.8 Å². The maximum absolute atomic E-state index is 12.7. The summed E-state index contributed by atoms with van der Waals surface area (Å²) in [6.07, 6.45) is 1.89. The van der Waals surface area contributed by atoms with Crippen molar-refractivity contribution in [3.8, 4) is 0 Å². The van der Waals surface area contributed by atoms with Gasteiger partial charge in [-0.2, -0.15) is 5.10 Å². The van der Waals surface area contributed by atoms with Crippen LogP contribution in [0.25, 0.3) is 0 Å². The van der Waals surface area contributed by atoms with E-state index in [9.17, 15) is 9.90 Å². The summed E-state index contributed by atoms with van der Waals surface area (Å²) in [6, 6.07) is 0. The number of aromatic nitrogens is 2. The first-order valence-electron chi connectivity index (χ1n) is 8.01. The Balaban J connectivity index is 2.20. The maximum Gasteiger partial charge on any atom is 0.274 e. The Morgan fingerprint density at radius 1 is 1.45 bits per heavy atom. The van der Waals surface area contributed by atoms with E-state index in [0.29, 0.717) is 31.5 Å². The molecule has 2 atom stereocenters. The van der Waals surface area contributed by atoms with Gasteiger partial charge in [-0.15, -0.1) is 0 Å². The van der Waals surface area contributed by atoms with Gasteiger partial charge in [0, 0.05) is 25.6 Å². The van der Waals surface area contributed by atoms with Crippen LogP contribution in [0.3, 0.4) is 0 Å². The number of fused-ring (bicyclic) bond motifs is 1. The lowest BCUT2D eigenvalue weighted by atomic mass is 9.96. The molecule has 0 spiro atoms. The van der Waals surface area contributed by atoms with Crippen molar-refractivity contribution in [2.24, 2.45) is 0 Å². The third-order valence-corrected chi connectivity index (χ3v) is 4.63. The number of carbonyl (C=O) groups is 1. The number of rotatable bonds is 5. The zero-order valence-electron chi connectivity index (χ0n) is 14.1. The van der Waals surface area contributed by atoms with Crippen molar-refractivity contribution in [3.05, 3.63) is 17.0 Å². The van der Waals surface area contributed by atoms with Crippen LogP contribution in [-0.2, 0) is 11.2 Å². The minimum Gasteiger partial charge on any atom is -0.388 e. The molecule has 6 nitrogen and oxygen atoms in total. The van der Waals surface area contributed by atoms with Gasteiger partial charge < -0.3 is 14.7 Å². The minimum atomic E-state index is -0.843. The minimum absolute atomic E-state index is 0.0696. The summed E-state index contributed by atoms with van der Waals surface area (Å²) in [5.41, 5.74) is 1.44. The standard InChI is InChI=1S/C16H27N3O3/c1-6-16(21,7-2)9-19(5)15(20)14-12-8-10(3)22-11(4)13(12)17-18-14/h10-11,21H,6-9H2,1-5H3,(H,17,18)/t10-,11+/m0/s1. The fourth-order valence-corrected chi connectivity index (χ4v) is 3.02. The fraction of sp³-hybridized carbons (Fsp3) is 0.750. The Morgan fingerprint density at radius 2 is 2.09 bits per heavy atom. The van der Waals surface area contributed by atoms with Gasteiger partial charge >= 0.3 is 0 Å². The molecule has 0 aromatic carbocycles. The third kappa shape index (κ3) is 3.17. The number of hydrogen-bond donors (Lipinski definition) is 2. The highest BCUT2D eigenvalue weighted by Gasteiger charge is 2.32. The van der Waals surface area contributed by atoms with Gasteiger partial charge in [0.15, 0.2) is 5.69 Å². The van der Waals surface area contributed by atoms with Crippen LogP contribution in [0, 0.1) is 0 Å². The number of H-pyrrole nitrogens is 1. The van der Waals surface area contributed by atoms with E-state index in [1.807, 2.05) is 27.7 Å². The topological polar surface area (TPSA) is 78.5 Å². The molecule has 0 saturated heterocycles. The van der Waals surface area contributed by atoms with Gasteiger partial charge in [-0.25, -0.2) is 0 Å². The number of aromatic amines is 1. The molecule has 2 heterocycles. The fourth-order valence-electron chi connectivity index (χ4n) is 3.02. The maximum atomic E-state index is 12.7. The molecule has 6 heteroatoms. The molecule has 0 aliphatic carbocycles. The lowest BCUT2D eigenvalue weighted by Crippen LogP contribution is -2.43. The Kier molecular flexibility index (Phi) is 4.92. The Morgan fingerprint density at radius 3 is 2.68 bits per heavy atom. The summed E-state index contributed by atoms with van der Waals surface area (Å²) >= 11 is 0. The first-order valence-corrected chi connectivity index (χ1v) is 8.01. The molecule has 2 rings (SSSR count). The second kappa shape index (κ2) is 6.38. The Labute approximate surface area is 131 Å². The number of amides is 1. The van der Waals surface area contributed by atoms with E-state index in [1.54, 1.807) is 11.9 Å². The third-order valence-electron chi connectivity index (χ3n) is 4.63. The SMILES string of the molecule is CCC(O)(CC)CN(C)C(=O)c1n[nH]c2c1C[C@H](C)O[C@@H]2C. The number of likely N-dealkylation sites (N-methyl/N-ethyl adjacent to an activating group) is 1. The molecule has 1 aromatic rings. The van der Waals surface area contributed by atoms with Crippen LogP contribution in [0.2, 0.25) is 0 Å². The molecule has 22 heavy (non-hydrogen) atoms. The van der Waals surface area contributed by atoms with E-state index in [1.165, 1.54) is 0 Å². The van der Waals surface area contributed by atoms with Crippen LogP contribution in [-0.4, -0.2) is 51.4 Å². The van der Waals surface area contributed by atoms with Gasteiger partial charge in [-0.05, 0) is 26.7 Å². The van der Waals surface area contributed by atoms with E-state index >= 15 is 0 Å². The zero-order chi connectivity index (χ0) is 16.5. The smallest absolute Gasteiger partial charge is 0.274 e. The first-order chi connectivity index (χ1) is 10.3. The number of aliphatic hydroxyl groups is 1. The first kappa shape index (κ1) is 17.0. The molecule has 1 aliphatic heterocycles. The molecule has 0 unspecified atom stereocenters. The van der Waals surface area contributed by atoms with Crippen molar-refractivity contribution in [2.75, 3.05) is 13.6 Å². The van der Waals surface area contributed by atoms with Crippen molar-refractivity contribution >= 4 is 5.91 Å². The molecular weight excluding hydrogens is 282 g/mol. The molecular formula is C16H27N3O3. The highest BCUT2D eigenvalue weighted by Crippen LogP contribution is 2.30. The van der Waals surface area contributed by atoms with Crippen molar-refractivity contribution in [1.29, 1.82) is 0 Å². The second-order valence-electron chi connectivity index (χ2n) is 6.35. The summed E-state index contributed by atoms with van der Waals surface area (Å²) in [5, 5.41) is 17.6. The molecule has 0 saturated carbocycles. The summed E-state index contributed by atoms with van der Waals surface area (Å²) in [7, 11) is 1.71. The average Bonchev–Trinajstić information content (AvgIpc) is 2.90. The van der Waals surface area contributed by atoms with Gasteiger partial charge in [-0.3, -0.25) is 9.89 Å². The summed E-state index contributed by atoms with van der Waals surface area (Å²) in [5.74, 6) is -0.154. The normalized spacial score (nSPS) is 21.5. The Hall–Kier alpha value is -1.40. The van der Waals surface area contributed by atoms with E-state index in [-0.39, 0.29) is 18.1 Å². The molecule has 0 fully saturated rings. The predicted octanol–water partition coefficient (Wildman–Crippen LogP) is 2.06. The van der Waals surface area contributed by atoms with Crippen molar-refractivity contribution in [1.82, 2.24) is 15.1 Å². The number of carbonyl (C=O) groups excluding carboxylic acids is 1. The van der Waals surface area contributed by atoms with Crippen LogP contribution in [0.1, 0.15) is 68.4 Å². The highest BCUT2D eigenvalue weighted by molar-refractivity contribution is 5.94. The average molecular weight is 309 g/mol. The van der Waals surface area contributed by atoms with Gasteiger partial charge in [-0.1, -0.05) is 13.8 Å². The molecule has 2 N–H and O–H groups in total. The van der Waals surface area contributed by atoms with Crippen molar-refractivity contribution < 1.29 is 14.6 Å². The van der Waals surface area contributed by atoms with Crippen LogP contribution >= 0.6 is 0 Å². The quantitative estimate of drug-likeness (QED) is 0.872. The molecule has 1 aliphatic rings. The largest absolute Gasteiger partial charge is 0.388 e. The van der Waals surface area contributed by atoms with Gasteiger partial charge in [0.1, 0.15) is 0 Å². The molecule has 1 aromatic heterocycles. The van der Waals surface area contributed by atoms with E-state index < -0.39 is 5.60 Å². The van der Waals surface area contributed by atoms with Crippen LogP contribution < -0.4 is 0 Å². The predicted molar refractivity (Wildman–Crippen MR) is 83.7 cm³/mol. The molecule has 0 bridgehead atoms. The number of ether oxygens (including phenoxy) is 1. The van der Waals surface area contributed by atoms with Gasteiger partial charge in [0.2, 0.25) is 0 Å². The highest BCUT2D eigenvalue weighted by atomic mass is 16.5. The number of nitrogens with one attached hydrogen (secondary N) is 1. The second-order valence-corrected chi connectivity index (χ2v) is 6.35. The monoisotopic (exact) mass is 309 g/mol.